The Morgan fingerprint density at radius 2 is 1.71 bits per heavy atom. The van der Waals surface area contributed by atoms with Gasteiger partial charge in [-0.25, -0.2) is 4.39 Å². The number of aldehydes is 1. The minimum Gasteiger partial charge on any atom is -0.507 e. The number of halogens is 1. The van der Waals surface area contributed by atoms with Gasteiger partial charge in [0.1, 0.15) is 23.7 Å². The van der Waals surface area contributed by atoms with Gasteiger partial charge in [-0.3, -0.25) is 0 Å². The Bertz CT molecular complexity index is 1250. The first-order valence-corrected chi connectivity index (χ1v) is 13.3. The number of nitrogens with zero attached hydrogens (tertiary/aromatic N) is 3. The van der Waals surface area contributed by atoms with E-state index in [1.165, 1.54) is 0 Å². The second-order valence-electron chi connectivity index (χ2n) is 10.7. The summed E-state index contributed by atoms with van der Waals surface area (Å²) in [4.78, 5) is 17.8. The number of rotatable bonds is 6. The van der Waals surface area contributed by atoms with Crippen LogP contribution in [-0.2, 0) is 4.79 Å². The van der Waals surface area contributed by atoms with Gasteiger partial charge in [0.25, 0.3) is 0 Å². The molecular formula is C29H37FN6O2. The molecule has 2 aromatic carbocycles. The van der Waals surface area contributed by atoms with Crippen molar-refractivity contribution in [1.82, 2.24) is 4.90 Å². The SMILES string of the molecule is Cc1cccc(/C(N)=C/C(=C(N)N)N2CC3CCC(C2)N3c2ccc(F)c(N3CCC(C=O)CC3)c2)c1O. The molecule has 0 radical (unpaired) electrons. The third kappa shape index (κ3) is 4.85. The second kappa shape index (κ2) is 10.5. The summed E-state index contributed by atoms with van der Waals surface area (Å²) < 4.78 is 14.9. The first-order chi connectivity index (χ1) is 18.3. The number of aryl methyl sites for hydroxylation is 1. The van der Waals surface area contributed by atoms with Gasteiger partial charge in [0.15, 0.2) is 0 Å². The van der Waals surface area contributed by atoms with Crippen LogP contribution in [0.1, 0.15) is 36.8 Å². The number of nitrogens with two attached hydrogens (primary N) is 3. The summed E-state index contributed by atoms with van der Waals surface area (Å²) in [6, 6.07) is 11.3. The van der Waals surface area contributed by atoms with Gasteiger partial charge in [0.2, 0.25) is 0 Å². The molecule has 2 bridgehead atoms. The van der Waals surface area contributed by atoms with Gasteiger partial charge in [-0.05, 0) is 68.5 Å². The number of hydrogen-bond donors (Lipinski definition) is 4. The Kier molecular flexibility index (Phi) is 7.10. The monoisotopic (exact) mass is 520 g/mol. The second-order valence-corrected chi connectivity index (χ2v) is 10.7. The maximum absolute atomic E-state index is 14.9. The van der Waals surface area contributed by atoms with E-state index in [-0.39, 0.29) is 35.4 Å². The Hall–Kier alpha value is -3.88. The Balaban J connectivity index is 1.36. The summed E-state index contributed by atoms with van der Waals surface area (Å²) in [5, 5.41) is 10.5. The molecule has 3 aliphatic rings. The van der Waals surface area contributed by atoms with E-state index in [4.69, 9.17) is 17.2 Å². The molecule has 3 heterocycles. The van der Waals surface area contributed by atoms with Gasteiger partial charge in [-0.15, -0.1) is 0 Å². The number of piperidine rings is 1. The van der Waals surface area contributed by atoms with Crippen LogP contribution in [0.3, 0.4) is 0 Å². The lowest BCUT2D eigenvalue weighted by atomic mass is 9.98. The maximum atomic E-state index is 14.9. The van der Waals surface area contributed by atoms with Gasteiger partial charge in [-0.2, -0.15) is 0 Å². The fraction of sp³-hybridized carbons (Fsp3) is 0.414. The molecule has 0 spiro atoms. The number of phenols is 1. The van der Waals surface area contributed by atoms with E-state index in [9.17, 15) is 14.3 Å². The van der Waals surface area contributed by atoms with Crippen LogP contribution in [0.2, 0.25) is 0 Å². The van der Waals surface area contributed by atoms with Crippen LogP contribution in [-0.4, -0.2) is 54.6 Å². The molecule has 2 unspecified atom stereocenters. The van der Waals surface area contributed by atoms with Crippen molar-refractivity contribution in [2.24, 2.45) is 23.1 Å². The summed E-state index contributed by atoms with van der Waals surface area (Å²) >= 11 is 0. The van der Waals surface area contributed by atoms with Gasteiger partial charge in [0, 0.05) is 61.1 Å². The van der Waals surface area contributed by atoms with Crippen molar-refractivity contribution in [3.8, 4) is 5.75 Å². The number of allylic oxidation sites excluding steroid dienone is 1. The molecule has 2 aromatic rings. The minimum absolute atomic E-state index is 0.0663. The quantitative estimate of drug-likeness (QED) is 0.338. The third-order valence-electron chi connectivity index (χ3n) is 8.26. The molecule has 8 nitrogen and oxygen atoms in total. The van der Waals surface area contributed by atoms with Crippen LogP contribution in [0.15, 0.2) is 54.0 Å². The first kappa shape index (κ1) is 25.8. The van der Waals surface area contributed by atoms with Crippen molar-refractivity contribution in [3.05, 3.63) is 70.9 Å². The van der Waals surface area contributed by atoms with Crippen molar-refractivity contribution in [2.75, 3.05) is 36.0 Å². The third-order valence-corrected chi connectivity index (χ3v) is 8.26. The Morgan fingerprint density at radius 3 is 2.34 bits per heavy atom. The number of piperazine rings is 1. The van der Waals surface area contributed by atoms with E-state index in [1.807, 2.05) is 31.2 Å². The number of hydrogen-bond acceptors (Lipinski definition) is 8. The molecule has 0 aromatic heterocycles. The summed E-state index contributed by atoms with van der Waals surface area (Å²) in [5.74, 6) is 0.154. The molecule has 38 heavy (non-hydrogen) atoms. The highest BCUT2D eigenvalue weighted by molar-refractivity contribution is 5.71. The molecule has 3 aliphatic heterocycles. The number of phenolic OH excluding ortho intramolecular Hbond substituents is 1. The van der Waals surface area contributed by atoms with E-state index >= 15 is 0 Å². The summed E-state index contributed by atoms with van der Waals surface area (Å²) in [6.07, 6.45) is 6.29. The van der Waals surface area contributed by atoms with E-state index in [0.29, 0.717) is 48.8 Å². The molecular weight excluding hydrogens is 483 g/mol. The molecule has 5 rings (SSSR count). The number of carbonyl (C=O) groups excluding carboxylic acids is 1. The predicted molar refractivity (Wildman–Crippen MR) is 149 cm³/mol. The largest absolute Gasteiger partial charge is 0.507 e. The number of anilines is 2. The standard InChI is InChI=1S/C29H37FN6O2/c1-18-3-2-4-23(28(18)38)25(31)14-27(29(32)33)35-15-21-5-6-22(16-35)36(21)20-7-8-24(30)26(13-20)34-11-9-19(17-37)10-12-34/h2-4,7-8,13-14,17,19,21-22,38H,5-6,9-12,15-16,31-33H2,1H3/b25-14-. The number of fused-ring (bicyclic) bond motifs is 2. The van der Waals surface area contributed by atoms with Crippen LogP contribution >= 0.6 is 0 Å². The molecule has 0 amide bonds. The van der Waals surface area contributed by atoms with E-state index in [1.54, 1.807) is 18.2 Å². The predicted octanol–water partition coefficient (Wildman–Crippen LogP) is 2.99. The van der Waals surface area contributed by atoms with Gasteiger partial charge >= 0.3 is 0 Å². The zero-order valence-corrected chi connectivity index (χ0v) is 21.8. The zero-order chi connectivity index (χ0) is 27.0. The molecule has 3 fully saturated rings. The Labute approximate surface area is 223 Å². The normalized spacial score (nSPS) is 22.1. The van der Waals surface area contributed by atoms with Crippen LogP contribution in [0, 0.1) is 18.7 Å². The average Bonchev–Trinajstić information content (AvgIpc) is 3.17. The highest BCUT2D eigenvalue weighted by Crippen LogP contribution is 2.39. The van der Waals surface area contributed by atoms with Gasteiger partial charge in [0.05, 0.1) is 11.4 Å². The van der Waals surface area contributed by atoms with Gasteiger partial charge in [-0.1, -0.05) is 12.1 Å². The Morgan fingerprint density at radius 1 is 1.03 bits per heavy atom. The van der Waals surface area contributed by atoms with E-state index < -0.39 is 0 Å². The molecule has 202 valence electrons. The molecule has 7 N–H and O–H groups in total. The van der Waals surface area contributed by atoms with Crippen molar-refractivity contribution in [1.29, 1.82) is 0 Å². The number of likely N-dealkylation sites (tertiary alicyclic amines) is 1. The summed E-state index contributed by atoms with van der Waals surface area (Å²) in [5.41, 5.74) is 22.6. The van der Waals surface area contributed by atoms with Crippen LogP contribution in [0.4, 0.5) is 15.8 Å². The van der Waals surface area contributed by atoms with E-state index in [2.05, 4.69) is 14.7 Å². The van der Waals surface area contributed by atoms with Crippen molar-refractivity contribution in [2.45, 2.75) is 44.7 Å². The van der Waals surface area contributed by atoms with Crippen molar-refractivity contribution >= 4 is 23.4 Å². The molecule has 9 heteroatoms. The van der Waals surface area contributed by atoms with Crippen LogP contribution in [0.25, 0.3) is 5.70 Å². The number of carbonyl (C=O) groups is 1. The fourth-order valence-electron chi connectivity index (χ4n) is 6.18. The smallest absolute Gasteiger partial charge is 0.146 e. The maximum Gasteiger partial charge on any atom is 0.146 e. The van der Waals surface area contributed by atoms with Crippen molar-refractivity contribution < 1.29 is 14.3 Å². The lowest BCUT2D eigenvalue weighted by Gasteiger charge is -2.44. The molecule has 0 aliphatic carbocycles. The molecule has 2 atom stereocenters. The lowest BCUT2D eigenvalue weighted by molar-refractivity contribution is -0.111. The van der Waals surface area contributed by atoms with E-state index in [0.717, 1.165) is 43.2 Å². The average molecular weight is 521 g/mol. The number of aromatic hydroxyl groups is 1. The number of benzene rings is 2. The molecule has 0 saturated carbocycles. The highest BCUT2D eigenvalue weighted by Gasteiger charge is 2.41. The molecule has 3 saturated heterocycles. The van der Waals surface area contributed by atoms with Crippen LogP contribution in [0.5, 0.6) is 5.75 Å². The lowest BCUT2D eigenvalue weighted by Crippen LogP contribution is -2.54. The summed E-state index contributed by atoms with van der Waals surface area (Å²) in [6.45, 7) is 4.58. The fourth-order valence-corrected chi connectivity index (χ4v) is 6.18. The zero-order valence-electron chi connectivity index (χ0n) is 21.8. The summed E-state index contributed by atoms with van der Waals surface area (Å²) in [7, 11) is 0. The minimum atomic E-state index is -0.231. The van der Waals surface area contributed by atoms with Crippen molar-refractivity contribution in [3.63, 3.8) is 0 Å². The first-order valence-electron chi connectivity index (χ1n) is 13.3. The van der Waals surface area contributed by atoms with Crippen LogP contribution < -0.4 is 27.0 Å². The highest BCUT2D eigenvalue weighted by atomic mass is 19.1. The van der Waals surface area contributed by atoms with Gasteiger partial charge < -0.3 is 41.8 Å². The number of para-hydroxylation sites is 1. The topological polar surface area (TPSA) is 125 Å².